The molecule has 2 aromatic carbocycles. The lowest BCUT2D eigenvalue weighted by Gasteiger charge is -2.32. The molecule has 0 aliphatic rings. The largest absolute Gasteiger partial charge is 0.260 e. The summed E-state index contributed by atoms with van der Waals surface area (Å²) in [6, 6.07) is 20.1. The van der Waals surface area contributed by atoms with Gasteiger partial charge in [0, 0.05) is 50.8 Å². The second kappa shape index (κ2) is 9.65. The fourth-order valence-electron chi connectivity index (χ4n) is 5.70. The number of hydrogen-bond donors (Lipinski definition) is 0. The SMILES string of the molecule is CC(C)(C)c1cc2ccc(C(C)(C)CCC(C)(C)c3ccc4ccc5c(C(C)(C)C)ccnc5c4n3)cc2cn1. The average molecular weight is 532 g/mol. The van der Waals surface area contributed by atoms with E-state index in [2.05, 4.69) is 124 Å². The van der Waals surface area contributed by atoms with Crippen molar-refractivity contribution in [2.45, 2.75) is 104 Å². The van der Waals surface area contributed by atoms with Gasteiger partial charge in [0.05, 0.1) is 11.0 Å². The van der Waals surface area contributed by atoms with Gasteiger partial charge in [0.1, 0.15) is 0 Å². The van der Waals surface area contributed by atoms with Crippen LogP contribution in [-0.2, 0) is 21.7 Å². The highest BCUT2D eigenvalue weighted by Gasteiger charge is 2.29. The first-order valence-corrected chi connectivity index (χ1v) is 14.7. The summed E-state index contributed by atoms with van der Waals surface area (Å²) < 4.78 is 0. The number of rotatable bonds is 5. The quantitative estimate of drug-likeness (QED) is 0.212. The van der Waals surface area contributed by atoms with E-state index in [1.807, 2.05) is 12.4 Å². The first kappa shape index (κ1) is 28.2. The molecule has 0 saturated carbocycles. The molecular formula is C37H45N3. The van der Waals surface area contributed by atoms with Gasteiger partial charge in [-0.3, -0.25) is 9.97 Å². The third-order valence-corrected chi connectivity index (χ3v) is 8.72. The highest BCUT2D eigenvalue weighted by atomic mass is 14.8. The van der Waals surface area contributed by atoms with Crippen molar-refractivity contribution in [3.63, 3.8) is 0 Å². The summed E-state index contributed by atoms with van der Waals surface area (Å²) in [7, 11) is 0. The van der Waals surface area contributed by atoms with Crippen molar-refractivity contribution in [3.05, 3.63) is 89.5 Å². The van der Waals surface area contributed by atoms with Crippen LogP contribution in [0.4, 0.5) is 0 Å². The number of fused-ring (bicyclic) bond motifs is 4. The topological polar surface area (TPSA) is 38.7 Å². The summed E-state index contributed by atoms with van der Waals surface area (Å²) >= 11 is 0. The van der Waals surface area contributed by atoms with Gasteiger partial charge in [-0.2, -0.15) is 0 Å². The van der Waals surface area contributed by atoms with E-state index in [1.165, 1.54) is 27.3 Å². The Balaban J connectivity index is 1.43. The first-order valence-electron chi connectivity index (χ1n) is 14.7. The maximum absolute atomic E-state index is 5.27. The van der Waals surface area contributed by atoms with E-state index >= 15 is 0 Å². The zero-order valence-electron chi connectivity index (χ0n) is 26.1. The lowest BCUT2D eigenvalue weighted by Crippen LogP contribution is -2.25. The van der Waals surface area contributed by atoms with E-state index < -0.39 is 0 Å². The van der Waals surface area contributed by atoms with Crippen LogP contribution in [-0.4, -0.2) is 15.0 Å². The van der Waals surface area contributed by atoms with Crippen molar-refractivity contribution in [2.24, 2.45) is 0 Å². The molecule has 0 amide bonds. The lowest BCUT2D eigenvalue weighted by molar-refractivity contribution is 0.370. The van der Waals surface area contributed by atoms with Gasteiger partial charge in [-0.25, -0.2) is 4.98 Å². The molecular weight excluding hydrogens is 486 g/mol. The van der Waals surface area contributed by atoms with Gasteiger partial charge in [-0.15, -0.1) is 0 Å². The third kappa shape index (κ3) is 5.36. The second-order valence-corrected chi connectivity index (χ2v) is 15.0. The standard InChI is InChI=1S/C37H45N3/c1-34(2,3)29-17-20-38-33-28(29)15-12-24-13-16-30(40-32(24)33)37(9,10)19-18-36(7,8)27-14-11-25-22-31(35(4,5)6)39-23-26(25)21-27/h11-17,20-23H,18-19H2,1-10H3. The molecule has 0 radical (unpaired) electrons. The molecule has 0 fully saturated rings. The minimum atomic E-state index is -0.0741. The van der Waals surface area contributed by atoms with Gasteiger partial charge in [0.15, 0.2) is 0 Å². The number of benzene rings is 2. The normalized spacial score (nSPS) is 13.4. The molecule has 208 valence electrons. The van der Waals surface area contributed by atoms with Crippen molar-refractivity contribution < 1.29 is 0 Å². The smallest absolute Gasteiger partial charge is 0.0968 e. The fourth-order valence-corrected chi connectivity index (χ4v) is 5.70. The Kier molecular flexibility index (Phi) is 6.80. The first-order chi connectivity index (χ1) is 18.6. The summed E-state index contributed by atoms with van der Waals surface area (Å²) in [5.74, 6) is 0. The number of hydrogen-bond acceptors (Lipinski definition) is 3. The second-order valence-electron chi connectivity index (χ2n) is 15.0. The molecule has 40 heavy (non-hydrogen) atoms. The van der Waals surface area contributed by atoms with Gasteiger partial charge >= 0.3 is 0 Å². The van der Waals surface area contributed by atoms with E-state index in [0.717, 1.165) is 40.6 Å². The molecule has 0 unspecified atom stereocenters. The highest BCUT2D eigenvalue weighted by Crippen LogP contribution is 2.38. The zero-order valence-corrected chi connectivity index (χ0v) is 26.1. The number of pyridine rings is 3. The van der Waals surface area contributed by atoms with Crippen LogP contribution in [0.2, 0.25) is 0 Å². The Hall–Kier alpha value is -3.33. The van der Waals surface area contributed by atoms with E-state index in [1.54, 1.807) is 0 Å². The number of aromatic nitrogens is 3. The molecule has 3 heterocycles. The van der Waals surface area contributed by atoms with E-state index in [0.29, 0.717) is 0 Å². The van der Waals surface area contributed by atoms with Crippen molar-refractivity contribution >= 4 is 32.6 Å². The Bertz CT molecular complexity index is 1710. The van der Waals surface area contributed by atoms with Crippen LogP contribution >= 0.6 is 0 Å². The molecule has 3 aromatic heterocycles. The van der Waals surface area contributed by atoms with Crippen molar-refractivity contribution in [2.75, 3.05) is 0 Å². The van der Waals surface area contributed by atoms with Crippen molar-refractivity contribution in [3.8, 4) is 0 Å². The van der Waals surface area contributed by atoms with Gasteiger partial charge in [-0.1, -0.05) is 99.6 Å². The van der Waals surface area contributed by atoms with Crippen molar-refractivity contribution in [1.29, 1.82) is 0 Å². The highest BCUT2D eigenvalue weighted by molar-refractivity contribution is 6.04. The molecule has 0 atom stereocenters. The Morgan fingerprint density at radius 3 is 1.93 bits per heavy atom. The fraction of sp³-hybridized carbons (Fsp3) is 0.432. The lowest BCUT2D eigenvalue weighted by atomic mass is 9.73. The predicted octanol–water partition coefficient (Wildman–Crippen LogP) is 9.96. The third-order valence-electron chi connectivity index (χ3n) is 8.72. The van der Waals surface area contributed by atoms with Gasteiger partial charge in [0.2, 0.25) is 0 Å². The van der Waals surface area contributed by atoms with Gasteiger partial charge < -0.3 is 0 Å². The summed E-state index contributed by atoms with van der Waals surface area (Å²) in [4.78, 5) is 14.9. The van der Waals surface area contributed by atoms with Crippen LogP contribution in [0.1, 0.15) is 105 Å². The molecule has 0 saturated heterocycles. The maximum atomic E-state index is 5.27. The Labute approximate surface area is 240 Å². The summed E-state index contributed by atoms with van der Waals surface area (Å²) in [5, 5.41) is 4.82. The van der Waals surface area contributed by atoms with Crippen molar-refractivity contribution in [1.82, 2.24) is 15.0 Å². The summed E-state index contributed by atoms with van der Waals surface area (Å²) in [6.07, 6.45) is 6.07. The van der Waals surface area contributed by atoms with Gasteiger partial charge in [0.25, 0.3) is 0 Å². The van der Waals surface area contributed by atoms with E-state index in [-0.39, 0.29) is 21.7 Å². The van der Waals surface area contributed by atoms with Crippen LogP contribution in [0.5, 0.6) is 0 Å². The van der Waals surface area contributed by atoms with Crippen LogP contribution < -0.4 is 0 Å². The molecule has 0 aliphatic carbocycles. The number of nitrogens with zero attached hydrogens (tertiary/aromatic N) is 3. The summed E-state index contributed by atoms with van der Waals surface area (Å²) in [6.45, 7) is 22.8. The molecule has 0 aliphatic heterocycles. The Morgan fingerprint density at radius 2 is 1.23 bits per heavy atom. The molecule has 0 spiro atoms. The minimum absolute atomic E-state index is 0.0286. The Morgan fingerprint density at radius 1 is 0.550 bits per heavy atom. The van der Waals surface area contributed by atoms with Crippen LogP contribution in [0.3, 0.4) is 0 Å². The molecule has 3 nitrogen and oxygen atoms in total. The van der Waals surface area contributed by atoms with Gasteiger partial charge in [-0.05, 0) is 64.5 Å². The molecule has 0 bridgehead atoms. The maximum Gasteiger partial charge on any atom is 0.0968 e. The molecule has 0 N–H and O–H groups in total. The molecule has 3 heteroatoms. The summed E-state index contributed by atoms with van der Waals surface area (Å²) in [5.41, 5.74) is 6.99. The van der Waals surface area contributed by atoms with E-state index in [9.17, 15) is 0 Å². The van der Waals surface area contributed by atoms with Crippen LogP contribution in [0.15, 0.2) is 67.0 Å². The minimum Gasteiger partial charge on any atom is -0.260 e. The zero-order chi connectivity index (χ0) is 29.1. The predicted molar refractivity (Wildman–Crippen MR) is 171 cm³/mol. The molecule has 5 rings (SSSR count). The van der Waals surface area contributed by atoms with Crippen LogP contribution in [0, 0.1) is 0 Å². The molecule has 5 aromatic rings. The van der Waals surface area contributed by atoms with E-state index in [4.69, 9.17) is 15.0 Å². The monoisotopic (exact) mass is 531 g/mol. The van der Waals surface area contributed by atoms with Crippen LogP contribution in [0.25, 0.3) is 32.6 Å². The average Bonchev–Trinajstić information content (AvgIpc) is 2.89.